The van der Waals surface area contributed by atoms with Crippen molar-refractivity contribution in [3.8, 4) is 0 Å². The second kappa shape index (κ2) is 6.16. The van der Waals surface area contributed by atoms with E-state index in [9.17, 15) is 9.59 Å². The molecule has 1 aromatic rings. The van der Waals surface area contributed by atoms with Gasteiger partial charge in [0.2, 0.25) is 5.91 Å². The summed E-state index contributed by atoms with van der Waals surface area (Å²) >= 11 is 1.79. The zero-order chi connectivity index (χ0) is 13.8. The molecule has 2 heterocycles. The Hall–Kier alpha value is -1.40. The summed E-state index contributed by atoms with van der Waals surface area (Å²) in [5, 5.41) is 6.81. The predicted octanol–water partition coefficient (Wildman–Crippen LogP) is 1.51. The molecular weight excluding hydrogens is 262 g/mol. The summed E-state index contributed by atoms with van der Waals surface area (Å²) in [5.74, 6) is -0.253. The van der Waals surface area contributed by atoms with E-state index in [1.54, 1.807) is 11.3 Å². The lowest BCUT2D eigenvalue weighted by Crippen LogP contribution is -2.45. The smallest absolute Gasteiger partial charge is 0.321 e. The van der Waals surface area contributed by atoms with Gasteiger partial charge in [0.1, 0.15) is 0 Å². The van der Waals surface area contributed by atoms with E-state index < -0.39 is 6.03 Å². The van der Waals surface area contributed by atoms with E-state index in [4.69, 9.17) is 0 Å². The molecule has 2 N–H and O–H groups in total. The minimum Gasteiger partial charge on any atom is -0.341 e. The summed E-state index contributed by atoms with van der Waals surface area (Å²) in [4.78, 5) is 26.5. The number of imide groups is 1. The van der Waals surface area contributed by atoms with Crippen LogP contribution in [0, 0.1) is 0 Å². The molecule has 0 radical (unpaired) electrons. The van der Waals surface area contributed by atoms with Gasteiger partial charge in [-0.3, -0.25) is 15.0 Å². The van der Waals surface area contributed by atoms with E-state index in [0.29, 0.717) is 0 Å². The minimum atomic E-state index is -0.453. The molecule has 0 fully saturated rings. The van der Waals surface area contributed by atoms with Crippen LogP contribution < -0.4 is 10.6 Å². The highest BCUT2D eigenvalue weighted by atomic mass is 32.1. The molecule has 19 heavy (non-hydrogen) atoms. The Morgan fingerprint density at radius 3 is 3.00 bits per heavy atom. The standard InChI is InChI=1S/C13H19N3O2S/c1-3-10-9-5-7-19-11(9)4-6-16(10)8-12(17)15-13(18)14-2/h5,7,10H,3-4,6,8H2,1-2H3,(H2,14,15,17,18). The molecule has 0 spiro atoms. The fraction of sp³-hybridized carbons (Fsp3) is 0.538. The quantitative estimate of drug-likeness (QED) is 0.883. The van der Waals surface area contributed by atoms with Crippen molar-refractivity contribution in [2.75, 3.05) is 20.1 Å². The van der Waals surface area contributed by atoms with Gasteiger partial charge in [-0.25, -0.2) is 4.79 Å². The SMILES string of the molecule is CCC1c2ccsc2CCN1CC(=O)NC(=O)NC. The number of nitrogens with zero attached hydrogens (tertiary/aromatic N) is 1. The van der Waals surface area contributed by atoms with Crippen molar-refractivity contribution in [1.29, 1.82) is 0 Å². The largest absolute Gasteiger partial charge is 0.341 e. The number of carbonyl (C=O) groups is 2. The number of urea groups is 1. The van der Waals surface area contributed by atoms with Crippen molar-refractivity contribution in [1.82, 2.24) is 15.5 Å². The van der Waals surface area contributed by atoms with Crippen molar-refractivity contribution >= 4 is 23.3 Å². The molecule has 0 saturated carbocycles. The summed E-state index contributed by atoms with van der Waals surface area (Å²) in [6.45, 7) is 3.26. The summed E-state index contributed by atoms with van der Waals surface area (Å²) in [6, 6.07) is 1.98. The van der Waals surface area contributed by atoms with Gasteiger partial charge in [0.15, 0.2) is 0 Å². The van der Waals surface area contributed by atoms with E-state index in [1.165, 1.54) is 17.5 Å². The number of amides is 3. The van der Waals surface area contributed by atoms with E-state index in [-0.39, 0.29) is 18.5 Å². The molecule has 1 unspecified atom stereocenters. The van der Waals surface area contributed by atoms with Crippen LogP contribution in [0.4, 0.5) is 4.79 Å². The Bertz CT molecular complexity index is 472. The molecule has 2 rings (SSSR count). The van der Waals surface area contributed by atoms with Gasteiger partial charge >= 0.3 is 6.03 Å². The maximum absolute atomic E-state index is 11.8. The Balaban J connectivity index is 2.01. The van der Waals surface area contributed by atoms with Gasteiger partial charge in [-0.05, 0) is 29.9 Å². The second-order valence-electron chi connectivity index (χ2n) is 4.57. The molecule has 1 atom stereocenters. The third-order valence-corrected chi connectivity index (χ3v) is 4.42. The van der Waals surface area contributed by atoms with Crippen molar-refractivity contribution in [3.05, 3.63) is 21.9 Å². The van der Waals surface area contributed by atoms with Crippen LogP contribution in [0.25, 0.3) is 0 Å². The summed E-state index contributed by atoms with van der Waals surface area (Å²) in [7, 11) is 1.50. The maximum Gasteiger partial charge on any atom is 0.321 e. The van der Waals surface area contributed by atoms with Gasteiger partial charge in [-0.15, -0.1) is 11.3 Å². The van der Waals surface area contributed by atoms with Crippen LogP contribution in [0.15, 0.2) is 11.4 Å². The first-order chi connectivity index (χ1) is 9.15. The van der Waals surface area contributed by atoms with E-state index in [2.05, 4.69) is 33.9 Å². The number of rotatable bonds is 3. The molecular formula is C13H19N3O2S. The Labute approximate surface area is 117 Å². The van der Waals surface area contributed by atoms with Crippen LogP contribution in [0.3, 0.4) is 0 Å². The Morgan fingerprint density at radius 2 is 2.32 bits per heavy atom. The van der Waals surface area contributed by atoms with Gasteiger partial charge in [0.05, 0.1) is 6.54 Å². The Kier molecular flexibility index (Phi) is 4.55. The highest BCUT2D eigenvalue weighted by Gasteiger charge is 2.28. The molecule has 0 bridgehead atoms. The third kappa shape index (κ3) is 3.13. The molecule has 1 aliphatic rings. The molecule has 0 saturated heterocycles. The number of hydrogen-bond acceptors (Lipinski definition) is 4. The van der Waals surface area contributed by atoms with E-state index in [0.717, 1.165) is 19.4 Å². The zero-order valence-electron chi connectivity index (χ0n) is 11.2. The van der Waals surface area contributed by atoms with Crippen molar-refractivity contribution in [3.63, 3.8) is 0 Å². The van der Waals surface area contributed by atoms with Gasteiger partial charge in [-0.2, -0.15) is 0 Å². The monoisotopic (exact) mass is 281 g/mol. The topological polar surface area (TPSA) is 61.4 Å². The summed E-state index contributed by atoms with van der Waals surface area (Å²) < 4.78 is 0. The zero-order valence-corrected chi connectivity index (χ0v) is 12.0. The molecule has 5 nitrogen and oxygen atoms in total. The normalized spacial score (nSPS) is 18.7. The molecule has 0 aliphatic carbocycles. The van der Waals surface area contributed by atoms with Crippen LogP contribution in [0.2, 0.25) is 0 Å². The molecule has 104 valence electrons. The highest BCUT2D eigenvalue weighted by Crippen LogP contribution is 2.34. The first kappa shape index (κ1) is 14.0. The molecule has 6 heteroatoms. The summed E-state index contributed by atoms with van der Waals surface area (Å²) in [5.41, 5.74) is 1.34. The van der Waals surface area contributed by atoms with E-state index in [1.807, 2.05) is 0 Å². The third-order valence-electron chi connectivity index (χ3n) is 3.42. The highest BCUT2D eigenvalue weighted by molar-refractivity contribution is 7.10. The lowest BCUT2D eigenvalue weighted by molar-refractivity contribution is -0.121. The number of nitrogens with one attached hydrogen (secondary N) is 2. The summed E-state index contributed by atoms with van der Waals surface area (Å²) in [6.07, 6.45) is 1.95. The first-order valence-corrected chi connectivity index (χ1v) is 7.35. The second-order valence-corrected chi connectivity index (χ2v) is 5.57. The van der Waals surface area contributed by atoms with Crippen LogP contribution in [-0.4, -0.2) is 37.0 Å². The lowest BCUT2D eigenvalue weighted by atomic mass is 9.98. The molecule has 1 aromatic heterocycles. The number of carbonyl (C=O) groups excluding carboxylic acids is 2. The van der Waals surface area contributed by atoms with Crippen LogP contribution >= 0.6 is 11.3 Å². The van der Waals surface area contributed by atoms with Gasteiger partial charge in [0.25, 0.3) is 0 Å². The lowest BCUT2D eigenvalue weighted by Gasteiger charge is -2.34. The molecule has 1 aliphatic heterocycles. The number of fused-ring (bicyclic) bond motifs is 1. The minimum absolute atomic E-state index is 0.253. The van der Waals surface area contributed by atoms with Gasteiger partial charge in [-0.1, -0.05) is 6.92 Å². The first-order valence-electron chi connectivity index (χ1n) is 6.47. The van der Waals surface area contributed by atoms with Gasteiger partial charge < -0.3 is 5.32 Å². The van der Waals surface area contributed by atoms with Crippen LogP contribution in [-0.2, 0) is 11.2 Å². The Morgan fingerprint density at radius 1 is 1.53 bits per heavy atom. The van der Waals surface area contributed by atoms with Crippen molar-refractivity contribution in [2.24, 2.45) is 0 Å². The number of thiophene rings is 1. The fourth-order valence-electron chi connectivity index (χ4n) is 2.53. The van der Waals surface area contributed by atoms with Crippen molar-refractivity contribution in [2.45, 2.75) is 25.8 Å². The average molecular weight is 281 g/mol. The fourth-order valence-corrected chi connectivity index (χ4v) is 3.46. The van der Waals surface area contributed by atoms with Crippen LogP contribution in [0.5, 0.6) is 0 Å². The van der Waals surface area contributed by atoms with E-state index >= 15 is 0 Å². The molecule has 3 amide bonds. The average Bonchev–Trinajstić information content (AvgIpc) is 2.86. The maximum atomic E-state index is 11.8. The molecule has 0 aromatic carbocycles. The van der Waals surface area contributed by atoms with Gasteiger partial charge in [0, 0.05) is 24.5 Å². The van der Waals surface area contributed by atoms with Crippen molar-refractivity contribution < 1.29 is 9.59 Å². The number of hydrogen-bond donors (Lipinski definition) is 2. The van der Waals surface area contributed by atoms with Crippen LogP contribution in [0.1, 0.15) is 29.8 Å². The predicted molar refractivity (Wildman–Crippen MR) is 75.2 cm³/mol.